The van der Waals surface area contributed by atoms with Crippen LogP contribution in [0, 0.1) is 17.7 Å². The summed E-state index contributed by atoms with van der Waals surface area (Å²) >= 11 is 5.97. The standard InChI is InChI=1S/C27H33ClFNO/c1-18(23-8-9-26(29)25(28)17-23)14-20-2-3-24(15-20)21-4-6-22(7-5-21)27(31)16-19-10-12-30-13-11-19/h4-9,17-20,24,30H,2-3,10-16H2,1H3/t18-,20?,24-/m0/s1. The molecule has 2 aromatic carbocycles. The summed E-state index contributed by atoms with van der Waals surface area (Å²) in [5, 5.41) is 3.57. The number of ketones is 1. The Balaban J connectivity index is 1.30. The van der Waals surface area contributed by atoms with Crippen LogP contribution in [0.25, 0.3) is 0 Å². The molecule has 0 radical (unpaired) electrons. The molecule has 3 atom stereocenters. The Hall–Kier alpha value is -1.71. The van der Waals surface area contributed by atoms with Crippen molar-refractivity contribution in [2.45, 2.75) is 63.7 Å². The predicted octanol–water partition coefficient (Wildman–Crippen LogP) is 7.13. The van der Waals surface area contributed by atoms with E-state index in [9.17, 15) is 9.18 Å². The van der Waals surface area contributed by atoms with E-state index in [1.54, 1.807) is 6.07 Å². The Bertz CT molecular complexity index is 891. The highest BCUT2D eigenvalue weighted by atomic mass is 35.5. The van der Waals surface area contributed by atoms with Crippen LogP contribution in [-0.4, -0.2) is 18.9 Å². The largest absolute Gasteiger partial charge is 0.317 e. The number of Topliss-reactive ketones (excluding diaryl/α,β-unsaturated/α-hetero) is 1. The second-order valence-corrected chi connectivity index (χ2v) is 10.0. The number of hydrogen-bond donors (Lipinski definition) is 1. The molecule has 1 unspecified atom stereocenters. The first kappa shape index (κ1) is 22.5. The van der Waals surface area contributed by atoms with Crippen molar-refractivity contribution in [3.8, 4) is 0 Å². The average Bonchev–Trinajstić information content (AvgIpc) is 3.25. The number of nitrogens with one attached hydrogen (secondary N) is 1. The maximum absolute atomic E-state index is 13.4. The average molecular weight is 442 g/mol. The first-order chi connectivity index (χ1) is 15.0. The molecular formula is C27H33ClFNO. The Morgan fingerprint density at radius 1 is 1.06 bits per heavy atom. The molecule has 1 saturated carbocycles. The quantitative estimate of drug-likeness (QED) is 0.463. The van der Waals surface area contributed by atoms with Gasteiger partial charge in [-0.25, -0.2) is 4.39 Å². The maximum atomic E-state index is 13.4. The van der Waals surface area contributed by atoms with E-state index >= 15 is 0 Å². The number of halogens is 2. The third kappa shape index (κ3) is 5.75. The van der Waals surface area contributed by atoms with Gasteiger partial charge in [0.1, 0.15) is 5.82 Å². The smallest absolute Gasteiger partial charge is 0.163 e. The van der Waals surface area contributed by atoms with Crippen molar-refractivity contribution in [2.24, 2.45) is 11.8 Å². The van der Waals surface area contributed by atoms with Crippen LogP contribution < -0.4 is 5.32 Å². The maximum Gasteiger partial charge on any atom is 0.163 e. The Labute approximate surface area is 190 Å². The number of hydrogen-bond acceptors (Lipinski definition) is 2. The van der Waals surface area contributed by atoms with Crippen LogP contribution in [0.1, 0.15) is 85.2 Å². The number of carbonyl (C=O) groups excluding carboxylic acids is 1. The summed E-state index contributed by atoms with van der Waals surface area (Å²) in [4.78, 5) is 12.6. The molecule has 1 heterocycles. The zero-order valence-electron chi connectivity index (χ0n) is 18.4. The molecule has 0 bridgehead atoms. The fourth-order valence-electron chi connectivity index (χ4n) is 5.45. The molecule has 1 aliphatic carbocycles. The van der Waals surface area contributed by atoms with Crippen molar-refractivity contribution in [3.63, 3.8) is 0 Å². The fraction of sp³-hybridized carbons (Fsp3) is 0.519. The normalized spacial score (nSPS) is 23.1. The van der Waals surface area contributed by atoms with Crippen LogP contribution in [0.5, 0.6) is 0 Å². The molecule has 1 N–H and O–H groups in total. The van der Waals surface area contributed by atoms with Crippen molar-refractivity contribution in [1.82, 2.24) is 5.32 Å². The van der Waals surface area contributed by atoms with Crippen LogP contribution >= 0.6 is 11.6 Å². The lowest BCUT2D eigenvalue weighted by Gasteiger charge is -2.21. The molecule has 1 aliphatic heterocycles. The molecule has 1 saturated heterocycles. The molecule has 0 spiro atoms. The minimum Gasteiger partial charge on any atom is -0.317 e. The van der Waals surface area contributed by atoms with E-state index in [0.29, 0.717) is 30.1 Å². The van der Waals surface area contributed by atoms with Gasteiger partial charge in [0, 0.05) is 12.0 Å². The van der Waals surface area contributed by atoms with Crippen molar-refractivity contribution >= 4 is 17.4 Å². The van der Waals surface area contributed by atoms with E-state index in [4.69, 9.17) is 11.6 Å². The van der Waals surface area contributed by atoms with Gasteiger partial charge in [-0.05, 0) is 98.5 Å². The van der Waals surface area contributed by atoms with Crippen LogP contribution in [0.15, 0.2) is 42.5 Å². The molecule has 2 aromatic rings. The highest BCUT2D eigenvalue weighted by Crippen LogP contribution is 2.42. The lowest BCUT2D eigenvalue weighted by molar-refractivity contribution is 0.0952. The number of rotatable bonds is 7. The van der Waals surface area contributed by atoms with Gasteiger partial charge < -0.3 is 5.32 Å². The molecule has 0 aromatic heterocycles. The van der Waals surface area contributed by atoms with Crippen LogP contribution in [-0.2, 0) is 0 Å². The summed E-state index contributed by atoms with van der Waals surface area (Å²) in [6.45, 7) is 4.28. The Morgan fingerprint density at radius 2 is 1.81 bits per heavy atom. The summed E-state index contributed by atoms with van der Waals surface area (Å²) < 4.78 is 13.4. The topological polar surface area (TPSA) is 29.1 Å². The lowest BCUT2D eigenvalue weighted by Crippen LogP contribution is -2.28. The van der Waals surface area contributed by atoms with Gasteiger partial charge in [0.05, 0.1) is 5.02 Å². The van der Waals surface area contributed by atoms with E-state index in [1.165, 1.54) is 30.9 Å². The van der Waals surface area contributed by atoms with Crippen molar-refractivity contribution in [3.05, 3.63) is 70.0 Å². The molecule has 2 fully saturated rings. The van der Waals surface area contributed by atoms with Crippen molar-refractivity contribution in [1.29, 1.82) is 0 Å². The molecule has 2 nitrogen and oxygen atoms in total. The third-order valence-corrected chi connectivity index (χ3v) is 7.67. The Kier molecular flexibility index (Phi) is 7.45. The monoisotopic (exact) mass is 441 g/mol. The lowest BCUT2D eigenvalue weighted by atomic mass is 9.87. The van der Waals surface area contributed by atoms with E-state index in [-0.39, 0.29) is 16.6 Å². The summed E-state index contributed by atoms with van der Waals surface area (Å²) in [5.41, 5.74) is 3.34. The first-order valence-electron chi connectivity index (χ1n) is 11.8. The van der Waals surface area contributed by atoms with Gasteiger partial charge in [-0.15, -0.1) is 0 Å². The van der Waals surface area contributed by atoms with E-state index < -0.39 is 0 Å². The number of benzene rings is 2. The summed E-state index contributed by atoms with van der Waals surface area (Å²) in [6.07, 6.45) is 7.60. The van der Waals surface area contributed by atoms with Crippen molar-refractivity contribution < 1.29 is 9.18 Å². The van der Waals surface area contributed by atoms with Gasteiger partial charge in [-0.3, -0.25) is 4.79 Å². The van der Waals surface area contributed by atoms with Crippen LogP contribution in [0.2, 0.25) is 5.02 Å². The van der Waals surface area contributed by atoms with Gasteiger partial charge in [-0.1, -0.05) is 48.9 Å². The highest BCUT2D eigenvalue weighted by Gasteiger charge is 2.28. The SMILES string of the molecule is C[C@@H](CC1CC[C@H](c2ccc(C(=O)CC3CCNCC3)cc2)C1)c1ccc(F)c(Cl)c1. The molecule has 4 heteroatoms. The van der Waals surface area contributed by atoms with Gasteiger partial charge in [0.2, 0.25) is 0 Å². The van der Waals surface area contributed by atoms with E-state index in [0.717, 1.165) is 43.5 Å². The summed E-state index contributed by atoms with van der Waals surface area (Å²) in [7, 11) is 0. The fourth-order valence-corrected chi connectivity index (χ4v) is 5.64. The van der Waals surface area contributed by atoms with E-state index in [2.05, 4.69) is 24.4 Å². The molecule has 31 heavy (non-hydrogen) atoms. The van der Waals surface area contributed by atoms with Gasteiger partial charge in [-0.2, -0.15) is 0 Å². The van der Waals surface area contributed by atoms with E-state index in [1.807, 2.05) is 18.2 Å². The predicted molar refractivity (Wildman–Crippen MR) is 126 cm³/mol. The Morgan fingerprint density at radius 3 is 2.52 bits per heavy atom. The third-order valence-electron chi connectivity index (χ3n) is 7.38. The molecule has 2 aliphatic rings. The molecular weight excluding hydrogens is 409 g/mol. The molecule has 0 amide bonds. The zero-order chi connectivity index (χ0) is 21.8. The van der Waals surface area contributed by atoms with Gasteiger partial charge in [0.15, 0.2) is 5.78 Å². The number of piperidine rings is 1. The second-order valence-electron chi connectivity index (χ2n) is 9.63. The minimum atomic E-state index is -0.351. The van der Waals surface area contributed by atoms with Crippen LogP contribution in [0.3, 0.4) is 0 Å². The molecule has 4 rings (SSSR count). The van der Waals surface area contributed by atoms with Gasteiger partial charge in [0.25, 0.3) is 0 Å². The zero-order valence-corrected chi connectivity index (χ0v) is 19.1. The molecule has 166 valence electrons. The second kappa shape index (κ2) is 10.3. The van der Waals surface area contributed by atoms with Crippen molar-refractivity contribution in [2.75, 3.05) is 13.1 Å². The summed E-state index contributed by atoms with van der Waals surface area (Å²) in [6, 6.07) is 13.5. The number of carbonyl (C=O) groups is 1. The summed E-state index contributed by atoms with van der Waals surface area (Å²) in [5.74, 6) is 2.08. The van der Waals surface area contributed by atoms with Gasteiger partial charge >= 0.3 is 0 Å². The first-order valence-corrected chi connectivity index (χ1v) is 12.2. The highest BCUT2D eigenvalue weighted by molar-refractivity contribution is 6.30. The van der Waals surface area contributed by atoms with Crippen LogP contribution in [0.4, 0.5) is 4.39 Å². The minimum absolute atomic E-state index is 0.212.